The number of methoxy groups -OCH3 is 1. The average Bonchev–Trinajstić information content (AvgIpc) is 2.74. The molecule has 1 N–H and O–H groups in total. The summed E-state index contributed by atoms with van der Waals surface area (Å²) >= 11 is 0. The Balaban J connectivity index is 1.74. The van der Waals surface area contributed by atoms with Crippen molar-refractivity contribution in [2.45, 2.75) is 6.54 Å². The minimum absolute atomic E-state index is 0.354. The molecular weight excluding hydrogens is 372 g/mol. The van der Waals surface area contributed by atoms with Crippen LogP contribution in [0.5, 0.6) is 0 Å². The largest absolute Gasteiger partial charge is 0.465 e. The predicted octanol–water partition coefficient (Wildman–Crippen LogP) is 2.41. The summed E-state index contributed by atoms with van der Waals surface area (Å²) in [5.41, 5.74) is 3.15. The maximum atomic E-state index is 11.8. The number of ether oxygens (including phenoxy) is 2. The van der Waals surface area contributed by atoms with Crippen molar-refractivity contribution in [3.8, 4) is 0 Å². The van der Waals surface area contributed by atoms with Crippen LogP contribution in [-0.2, 0) is 25.6 Å². The normalized spacial score (nSPS) is 10.4. The van der Waals surface area contributed by atoms with Crippen LogP contribution >= 0.6 is 0 Å². The summed E-state index contributed by atoms with van der Waals surface area (Å²) in [5, 5.41) is 2.70. The molecule has 0 aliphatic rings. The Kier molecular flexibility index (Phi) is 7.97. The summed E-state index contributed by atoms with van der Waals surface area (Å²) in [6.45, 7) is -0.00723. The second kappa shape index (κ2) is 10.7. The molecule has 2 rings (SSSR count). The van der Waals surface area contributed by atoms with Crippen molar-refractivity contribution in [3.63, 3.8) is 0 Å². The third-order valence-electron chi connectivity index (χ3n) is 4.03. The molecule has 2 aromatic rings. The highest BCUT2D eigenvalue weighted by atomic mass is 16.5. The summed E-state index contributed by atoms with van der Waals surface area (Å²) in [6, 6.07) is 14.3. The van der Waals surface area contributed by atoms with Gasteiger partial charge < -0.3 is 19.7 Å². The molecule has 0 aliphatic carbocycles. The molecule has 1 amide bonds. The number of nitrogens with zero attached hydrogens (tertiary/aromatic N) is 1. The zero-order valence-corrected chi connectivity index (χ0v) is 16.7. The van der Waals surface area contributed by atoms with E-state index in [0.717, 1.165) is 11.3 Å². The SMILES string of the molecule is COC(=O)c1ccc(/C=C/C(=O)OCC(=O)NCc2ccc(N(C)C)cc2)cc1. The Hall–Kier alpha value is -3.61. The van der Waals surface area contributed by atoms with E-state index in [1.807, 2.05) is 43.3 Å². The lowest BCUT2D eigenvalue weighted by Gasteiger charge is -2.12. The van der Waals surface area contributed by atoms with Crippen molar-refractivity contribution in [3.05, 3.63) is 71.3 Å². The lowest BCUT2D eigenvalue weighted by atomic mass is 10.1. The van der Waals surface area contributed by atoms with Crippen LogP contribution in [0.2, 0.25) is 0 Å². The molecule has 0 spiro atoms. The second-order valence-corrected chi connectivity index (χ2v) is 6.39. The number of carbonyl (C=O) groups excluding carboxylic acids is 3. The van der Waals surface area contributed by atoms with Crippen LogP contribution in [0.1, 0.15) is 21.5 Å². The quantitative estimate of drug-likeness (QED) is 0.545. The average molecular weight is 396 g/mol. The maximum Gasteiger partial charge on any atom is 0.337 e. The van der Waals surface area contributed by atoms with Crippen molar-refractivity contribution in [1.82, 2.24) is 5.32 Å². The van der Waals surface area contributed by atoms with E-state index >= 15 is 0 Å². The third-order valence-corrected chi connectivity index (χ3v) is 4.03. The number of anilines is 1. The Morgan fingerprint density at radius 2 is 1.66 bits per heavy atom. The lowest BCUT2D eigenvalue weighted by Crippen LogP contribution is -2.28. The Morgan fingerprint density at radius 1 is 1.00 bits per heavy atom. The molecule has 0 heterocycles. The first kappa shape index (κ1) is 21.7. The van der Waals surface area contributed by atoms with Crippen molar-refractivity contribution < 1.29 is 23.9 Å². The topological polar surface area (TPSA) is 84.9 Å². The highest BCUT2D eigenvalue weighted by Gasteiger charge is 2.06. The van der Waals surface area contributed by atoms with Crippen molar-refractivity contribution in [2.75, 3.05) is 32.7 Å². The van der Waals surface area contributed by atoms with Gasteiger partial charge in [0.1, 0.15) is 0 Å². The fourth-order valence-electron chi connectivity index (χ4n) is 2.36. The Bertz CT molecular complexity index is 871. The number of hydrogen-bond acceptors (Lipinski definition) is 6. The van der Waals surface area contributed by atoms with Crippen molar-refractivity contribution in [2.24, 2.45) is 0 Å². The van der Waals surface area contributed by atoms with Gasteiger partial charge in [-0.15, -0.1) is 0 Å². The van der Waals surface area contributed by atoms with Crippen LogP contribution in [0.15, 0.2) is 54.6 Å². The minimum atomic E-state index is -0.632. The molecule has 7 nitrogen and oxygen atoms in total. The van der Waals surface area contributed by atoms with Gasteiger partial charge in [-0.1, -0.05) is 24.3 Å². The van der Waals surface area contributed by atoms with Gasteiger partial charge in [-0.3, -0.25) is 4.79 Å². The third kappa shape index (κ3) is 7.14. The van der Waals surface area contributed by atoms with E-state index < -0.39 is 11.9 Å². The van der Waals surface area contributed by atoms with Gasteiger partial charge >= 0.3 is 11.9 Å². The summed E-state index contributed by atoms with van der Waals surface area (Å²) in [6.07, 6.45) is 2.76. The van der Waals surface area contributed by atoms with E-state index in [4.69, 9.17) is 4.74 Å². The van der Waals surface area contributed by atoms with Gasteiger partial charge in [0, 0.05) is 32.4 Å². The molecule has 0 saturated heterocycles. The van der Waals surface area contributed by atoms with E-state index in [9.17, 15) is 14.4 Å². The van der Waals surface area contributed by atoms with E-state index in [1.165, 1.54) is 19.3 Å². The zero-order chi connectivity index (χ0) is 21.2. The molecule has 0 fully saturated rings. The van der Waals surface area contributed by atoms with Gasteiger partial charge in [0.2, 0.25) is 0 Å². The number of benzene rings is 2. The molecule has 0 saturated carbocycles. The van der Waals surface area contributed by atoms with Crippen LogP contribution < -0.4 is 10.2 Å². The van der Waals surface area contributed by atoms with E-state index in [1.54, 1.807) is 24.3 Å². The number of hydrogen-bond donors (Lipinski definition) is 1. The number of amides is 1. The molecule has 0 bridgehead atoms. The fraction of sp³-hybridized carbons (Fsp3) is 0.227. The second-order valence-electron chi connectivity index (χ2n) is 6.39. The molecule has 7 heteroatoms. The molecule has 0 radical (unpaired) electrons. The Labute approximate surface area is 169 Å². The molecular formula is C22H24N2O5. The van der Waals surface area contributed by atoms with Crippen molar-refractivity contribution in [1.29, 1.82) is 0 Å². The Morgan fingerprint density at radius 3 is 2.24 bits per heavy atom. The van der Waals surface area contributed by atoms with Crippen LogP contribution in [0.4, 0.5) is 5.69 Å². The van der Waals surface area contributed by atoms with Gasteiger partial charge in [-0.05, 0) is 41.5 Å². The summed E-state index contributed by atoms with van der Waals surface area (Å²) < 4.78 is 9.55. The number of rotatable bonds is 8. The molecule has 29 heavy (non-hydrogen) atoms. The van der Waals surface area contributed by atoms with Gasteiger partial charge in [0.15, 0.2) is 6.61 Å². The first-order chi connectivity index (χ1) is 13.9. The van der Waals surface area contributed by atoms with Crippen LogP contribution in [0.3, 0.4) is 0 Å². The van der Waals surface area contributed by atoms with Gasteiger partial charge in [-0.2, -0.15) is 0 Å². The number of esters is 2. The first-order valence-electron chi connectivity index (χ1n) is 8.95. The van der Waals surface area contributed by atoms with Gasteiger partial charge in [-0.25, -0.2) is 9.59 Å². The first-order valence-corrected chi connectivity index (χ1v) is 8.95. The van der Waals surface area contributed by atoms with Gasteiger partial charge in [0.25, 0.3) is 5.91 Å². The standard InChI is InChI=1S/C22H24N2O5/c1-24(2)19-11-6-17(7-12-19)14-23-20(25)15-29-21(26)13-8-16-4-9-18(10-5-16)22(27)28-3/h4-13H,14-15H2,1-3H3,(H,23,25)/b13-8+. The van der Waals surface area contributed by atoms with Crippen molar-refractivity contribution >= 4 is 29.6 Å². The maximum absolute atomic E-state index is 11.8. The minimum Gasteiger partial charge on any atom is -0.465 e. The van der Waals surface area contributed by atoms with E-state index in [0.29, 0.717) is 17.7 Å². The van der Waals surface area contributed by atoms with Crippen LogP contribution in [0.25, 0.3) is 6.08 Å². The zero-order valence-electron chi connectivity index (χ0n) is 16.7. The number of nitrogens with one attached hydrogen (secondary N) is 1. The van der Waals surface area contributed by atoms with Crippen LogP contribution in [0, 0.1) is 0 Å². The molecule has 2 aromatic carbocycles. The molecule has 0 aliphatic heterocycles. The predicted molar refractivity (Wildman–Crippen MR) is 110 cm³/mol. The van der Waals surface area contributed by atoms with Gasteiger partial charge in [0.05, 0.1) is 12.7 Å². The fourth-order valence-corrected chi connectivity index (χ4v) is 2.36. The highest BCUT2D eigenvalue weighted by molar-refractivity contribution is 5.91. The molecule has 0 unspecified atom stereocenters. The molecule has 0 aromatic heterocycles. The van der Waals surface area contributed by atoms with E-state index in [2.05, 4.69) is 10.1 Å². The summed E-state index contributed by atoms with van der Waals surface area (Å²) in [5.74, 6) is -1.45. The number of carbonyl (C=O) groups is 3. The monoisotopic (exact) mass is 396 g/mol. The smallest absolute Gasteiger partial charge is 0.337 e. The molecule has 152 valence electrons. The molecule has 0 atom stereocenters. The summed E-state index contributed by atoms with van der Waals surface area (Å²) in [7, 11) is 5.22. The van der Waals surface area contributed by atoms with Crippen LogP contribution in [-0.4, -0.2) is 45.7 Å². The van der Waals surface area contributed by atoms with E-state index in [-0.39, 0.29) is 12.5 Å². The summed E-state index contributed by atoms with van der Waals surface area (Å²) in [4.78, 5) is 36.9. The highest BCUT2D eigenvalue weighted by Crippen LogP contribution is 2.12. The lowest BCUT2D eigenvalue weighted by molar-refractivity contribution is -0.143.